The molecule has 3 unspecified atom stereocenters. The van der Waals surface area contributed by atoms with Crippen molar-refractivity contribution in [2.75, 3.05) is 19.8 Å². The third-order valence-electron chi connectivity index (χ3n) is 8.43. The number of nitrogens with one attached hydrogen (secondary N) is 1. The van der Waals surface area contributed by atoms with E-state index >= 15 is 0 Å². The van der Waals surface area contributed by atoms with Gasteiger partial charge in [-0.3, -0.25) is 13.8 Å². The predicted octanol–water partition coefficient (Wildman–Crippen LogP) is 11.4. The van der Waals surface area contributed by atoms with Gasteiger partial charge >= 0.3 is 7.82 Å². The average Bonchev–Trinajstić information content (AvgIpc) is 3.14. The largest absolute Gasteiger partial charge is 0.472 e. The fourth-order valence-electron chi connectivity index (χ4n) is 5.33. The molecule has 8 nitrogen and oxygen atoms in total. The van der Waals surface area contributed by atoms with Gasteiger partial charge in [0.1, 0.15) is 0 Å². The molecule has 0 bridgehead atoms. The Morgan fingerprint density at radius 3 is 1.68 bits per heavy atom. The predicted molar refractivity (Wildman–Crippen MR) is 226 cm³/mol. The number of carbonyl (C=O) groups excluding carboxylic acids is 1. The summed E-state index contributed by atoms with van der Waals surface area (Å²) in [6.07, 6.45) is 52.0. The molecule has 0 aliphatic carbocycles. The second-order valence-electron chi connectivity index (χ2n) is 13.4. The van der Waals surface area contributed by atoms with Gasteiger partial charge in [-0.15, -0.1) is 0 Å². The number of hydrogen-bond donors (Lipinski definition) is 4. The number of amides is 1. The van der Waals surface area contributed by atoms with Crippen LogP contribution in [0.15, 0.2) is 85.1 Å². The van der Waals surface area contributed by atoms with E-state index in [1.54, 1.807) is 6.08 Å². The number of unbranched alkanes of at least 4 members (excludes halogenated alkanes) is 13. The zero-order chi connectivity index (χ0) is 38.9. The standard InChI is InChI=1S/C44H77N2O6P/c1-3-5-7-9-11-13-15-17-19-20-21-22-24-26-28-30-32-34-36-38-44(48)46-42(41-52-53(49,50)51-40-39-45)43(47)37-35-33-31-29-27-25-23-18-16-14-12-10-8-6-4-2/h5,7,11,13,16-19,21-22,27,29,35,37,42-43,47H,3-4,6,8-10,12,14-15,20,23-26,28,30-34,36,38-41,45H2,1-2H3,(H,46,48)(H,49,50)/b7-5-,13-11-,18-16+,19-17-,22-21-,29-27+,37-35+. The Kier molecular flexibility index (Phi) is 37.7. The van der Waals surface area contributed by atoms with E-state index in [9.17, 15) is 19.4 Å². The van der Waals surface area contributed by atoms with Crippen molar-refractivity contribution in [1.29, 1.82) is 0 Å². The normalized spacial score (nSPS) is 15.0. The summed E-state index contributed by atoms with van der Waals surface area (Å²) in [7, 11) is -4.36. The van der Waals surface area contributed by atoms with E-state index in [1.165, 1.54) is 44.9 Å². The fourth-order valence-corrected chi connectivity index (χ4v) is 6.09. The lowest BCUT2D eigenvalue weighted by atomic mass is 10.1. The number of phosphoric ester groups is 1. The number of nitrogens with two attached hydrogens (primary N) is 1. The molecule has 0 aromatic heterocycles. The van der Waals surface area contributed by atoms with Crippen molar-refractivity contribution >= 4 is 13.7 Å². The Morgan fingerprint density at radius 1 is 0.642 bits per heavy atom. The zero-order valence-corrected chi connectivity index (χ0v) is 34.4. The molecule has 5 N–H and O–H groups in total. The van der Waals surface area contributed by atoms with E-state index in [4.69, 9.17) is 14.8 Å². The number of phosphoric acid groups is 1. The molecule has 304 valence electrons. The lowest BCUT2D eigenvalue weighted by Crippen LogP contribution is -2.45. The van der Waals surface area contributed by atoms with Crippen molar-refractivity contribution in [1.82, 2.24) is 5.32 Å². The summed E-state index contributed by atoms with van der Waals surface area (Å²) >= 11 is 0. The monoisotopic (exact) mass is 761 g/mol. The van der Waals surface area contributed by atoms with Gasteiger partial charge in [0.15, 0.2) is 0 Å². The Bertz CT molecular complexity index is 1100. The topological polar surface area (TPSA) is 131 Å². The molecule has 0 aliphatic rings. The van der Waals surface area contributed by atoms with Crippen molar-refractivity contribution in [3.63, 3.8) is 0 Å². The quantitative estimate of drug-likeness (QED) is 0.0282. The maximum atomic E-state index is 12.7. The molecule has 0 aliphatic heterocycles. The second kappa shape index (κ2) is 39.4. The van der Waals surface area contributed by atoms with Crippen LogP contribution in [0.1, 0.15) is 155 Å². The summed E-state index contributed by atoms with van der Waals surface area (Å²) < 4.78 is 22.1. The van der Waals surface area contributed by atoms with E-state index in [0.717, 1.165) is 89.9 Å². The minimum Gasteiger partial charge on any atom is -0.387 e. The molecule has 0 saturated carbocycles. The number of carbonyl (C=O) groups is 1. The van der Waals surface area contributed by atoms with Crippen LogP contribution in [0.3, 0.4) is 0 Å². The molecule has 0 heterocycles. The molecule has 0 fully saturated rings. The number of aliphatic hydroxyl groups excluding tert-OH is 1. The molecule has 3 atom stereocenters. The summed E-state index contributed by atoms with van der Waals surface area (Å²) in [5.74, 6) is -0.227. The van der Waals surface area contributed by atoms with Crippen molar-refractivity contribution in [2.24, 2.45) is 5.73 Å². The zero-order valence-electron chi connectivity index (χ0n) is 33.5. The van der Waals surface area contributed by atoms with Crippen LogP contribution >= 0.6 is 7.82 Å². The lowest BCUT2D eigenvalue weighted by Gasteiger charge is -2.23. The fraction of sp³-hybridized carbons (Fsp3) is 0.659. The smallest absolute Gasteiger partial charge is 0.387 e. The van der Waals surface area contributed by atoms with Crippen LogP contribution in [0.4, 0.5) is 0 Å². The molecule has 0 rings (SSSR count). The van der Waals surface area contributed by atoms with Gasteiger partial charge < -0.3 is 21.1 Å². The number of hydrogen-bond acceptors (Lipinski definition) is 6. The van der Waals surface area contributed by atoms with Crippen LogP contribution in [0.25, 0.3) is 0 Å². The molecule has 1 amide bonds. The highest BCUT2D eigenvalue weighted by atomic mass is 31.2. The van der Waals surface area contributed by atoms with Crippen molar-refractivity contribution in [3.8, 4) is 0 Å². The average molecular weight is 761 g/mol. The SMILES string of the molecule is CC/C=C\C/C=C\C/C=C\C/C=C\CCCCCCCCC(=O)NC(COP(=O)(O)OCCN)C(O)/C=C/CC/C=C/CC/C=C/CCCCCCC. The summed E-state index contributed by atoms with van der Waals surface area (Å²) in [4.78, 5) is 22.7. The van der Waals surface area contributed by atoms with Gasteiger partial charge in [-0.25, -0.2) is 4.57 Å². The Labute approximate surface area is 324 Å². The highest BCUT2D eigenvalue weighted by Crippen LogP contribution is 2.43. The molecule has 0 radical (unpaired) electrons. The lowest BCUT2D eigenvalue weighted by molar-refractivity contribution is -0.123. The van der Waals surface area contributed by atoms with Crippen LogP contribution in [0.5, 0.6) is 0 Å². The molecule has 0 spiro atoms. The third-order valence-corrected chi connectivity index (χ3v) is 9.42. The Hall–Kier alpha value is -2.32. The molecule has 0 saturated heterocycles. The molecular formula is C44H77N2O6P. The van der Waals surface area contributed by atoms with E-state index in [0.29, 0.717) is 6.42 Å². The second-order valence-corrected chi connectivity index (χ2v) is 14.9. The van der Waals surface area contributed by atoms with Crippen molar-refractivity contribution in [3.05, 3.63) is 85.1 Å². The maximum Gasteiger partial charge on any atom is 0.472 e. The highest BCUT2D eigenvalue weighted by Gasteiger charge is 2.26. The van der Waals surface area contributed by atoms with Crippen LogP contribution in [-0.2, 0) is 18.4 Å². The molecule has 53 heavy (non-hydrogen) atoms. The molecule has 0 aromatic carbocycles. The summed E-state index contributed by atoms with van der Waals surface area (Å²) in [5, 5.41) is 13.6. The summed E-state index contributed by atoms with van der Waals surface area (Å²) in [6, 6.07) is -0.895. The maximum absolute atomic E-state index is 12.7. The minimum absolute atomic E-state index is 0.0645. The number of rotatable bonds is 37. The van der Waals surface area contributed by atoms with Gasteiger partial charge in [-0.1, -0.05) is 150 Å². The minimum atomic E-state index is -4.36. The first-order valence-corrected chi connectivity index (χ1v) is 22.2. The first-order valence-electron chi connectivity index (χ1n) is 20.7. The van der Waals surface area contributed by atoms with Gasteiger partial charge in [0.2, 0.25) is 5.91 Å². The van der Waals surface area contributed by atoms with Gasteiger partial charge in [-0.05, 0) is 83.5 Å². The van der Waals surface area contributed by atoms with Crippen LogP contribution < -0.4 is 11.1 Å². The van der Waals surface area contributed by atoms with Crippen molar-refractivity contribution in [2.45, 2.75) is 167 Å². The number of allylic oxidation sites excluding steroid dienone is 13. The molecular weight excluding hydrogens is 683 g/mol. The van der Waals surface area contributed by atoms with Gasteiger partial charge in [0, 0.05) is 13.0 Å². The third kappa shape index (κ3) is 37.8. The van der Waals surface area contributed by atoms with E-state index < -0.39 is 20.0 Å². The Balaban J connectivity index is 4.37. The molecule has 9 heteroatoms. The van der Waals surface area contributed by atoms with E-state index in [1.807, 2.05) is 6.08 Å². The van der Waals surface area contributed by atoms with E-state index in [-0.39, 0.29) is 25.7 Å². The van der Waals surface area contributed by atoms with E-state index in [2.05, 4.69) is 92.1 Å². The highest BCUT2D eigenvalue weighted by molar-refractivity contribution is 7.47. The first-order chi connectivity index (χ1) is 25.9. The van der Waals surface area contributed by atoms with Gasteiger partial charge in [-0.2, -0.15) is 0 Å². The van der Waals surface area contributed by atoms with Gasteiger partial charge in [0.05, 0.1) is 25.4 Å². The summed E-state index contributed by atoms with van der Waals surface area (Å²) in [6.45, 7) is 3.94. The van der Waals surface area contributed by atoms with Crippen LogP contribution in [0, 0.1) is 0 Å². The van der Waals surface area contributed by atoms with Crippen LogP contribution in [0.2, 0.25) is 0 Å². The van der Waals surface area contributed by atoms with Crippen LogP contribution in [-0.4, -0.2) is 47.8 Å². The molecule has 0 aromatic rings. The Morgan fingerprint density at radius 2 is 1.11 bits per heavy atom. The summed E-state index contributed by atoms with van der Waals surface area (Å²) in [5.41, 5.74) is 5.36. The van der Waals surface area contributed by atoms with Gasteiger partial charge in [0.25, 0.3) is 0 Å². The van der Waals surface area contributed by atoms with Crippen molar-refractivity contribution < 1.29 is 28.4 Å². The number of aliphatic hydroxyl groups is 1. The first kappa shape index (κ1) is 50.7.